The number of rotatable bonds is 3. The molecule has 0 saturated carbocycles. The molecule has 1 fully saturated rings. The van der Waals surface area contributed by atoms with Crippen LogP contribution in [-0.2, 0) is 11.2 Å². The van der Waals surface area contributed by atoms with Crippen LogP contribution in [0.2, 0.25) is 10.0 Å². The zero-order valence-electron chi connectivity index (χ0n) is 11.2. The van der Waals surface area contributed by atoms with Crippen molar-refractivity contribution in [1.29, 1.82) is 0 Å². The van der Waals surface area contributed by atoms with E-state index in [0.717, 1.165) is 25.2 Å². The van der Waals surface area contributed by atoms with E-state index in [1.807, 2.05) is 26.2 Å². The Bertz CT molecular complexity index is 479. The molecule has 0 N–H and O–H groups in total. The average molecular weight is 301 g/mol. The third-order valence-electron chi connectivity index (χ3n) is 3.62. The maximum atomic E-state index is 12.4. The Morgan fingerprint density at radius 3 is 2.79 bits per heavy atom. The van der Waals surface area contributed by atoms with Crippen LogP contribution < -0.4 is 0 Å². The van der Waals surface area contributed by atoms with Crippen LogP contribution in [0.5, 0.6) is 0 Å². The zero-order valence-corrected chi connectivity index (χ0v) is 12.7. The van der Waals surface area contributed by atoms with E-state index in [4.69, 9.17) is 23.2 Å². The van der Waals surface area contributed by atoms with Crippen LogP contribution in [0.25, 0.3) is 0 Å². The fraction of sp³-hybridized carbons (Fsp3) is 0.500. The predicted molar refractivity (Wildman–Crippen MR) is 79.1 cm³/mol. The summed E-state index contributed by atoms with van der Waals surface area (Å²) in [5, 5.41) is 0.991. The van der Waals surface area contributed by atoms with E-state index < -0.39 is 0 Å². The van der Waals surface area contributed by atoms with Crippen molar-refractivity contribution >= 4 is 29.0 Å². The Kier molecular flexibility index (Phi) is 4.85. The molecule has 0 amide bonds. The Hall–Kier alpha value is -0.610. The van der Waals surface area contributed by atoms with Gasteiger partial charge < -0.3 is 4.90 Å². The fourth-order valence-electron chi connectivity index (χ4n) is 2.35. The molecule has 1 aromatic carbocycles. The molecule has 0 bridgehead atoms. The second kappa shape index (κ2) is 6.23. The van der Waals surface area contributed by atoms with Crippen LogP contribution >= 0.6 is 23.2 Å². The van der Waals surface area contributed by atoms with Gasteiger partial charge in [0.05, 0.1) is 16.1 Å². The van der Waals surface area contributed by atoms with E-state index >= 15 is 0 Å². The van der Waals surface area contributed by atoms with Gasteiger partial charge >= 0.3 is 0 Å². The highest BCUT2D eigenvalue weighted by Gasteiger charge is 2.28. The fourth-order valence-corrected chi connectivity index (χ4v) is 2.74. The van der Waals surface area contributed by atoms with Crippen LogP contribution in [0.4, 0.5) is 0 Å². The van der Waals surface area contributed by atoms with Crippen molar-refractivity contribution in [3.05, 3.63) is 33.8 Å². The Morgan fingerprint density at radius 1 is 1.32 bits per heavy atom. The lowest BCUT2D eigenvalue weighted by molar-refractivity contribution is -0.125. The van der Waals surface area contributed by atoms with Crippen molar-refractivity contribution in [3.63, 3.8) is 0 Å². The highest BCUT2D eigenvalue weighted by atomic mass is 35.5. The molecule has 3 nitrogen and oxygen atoms in total. The topological polar surface area (TPSA) is 23.6 Å². The van der Waals surface area contributed by atoms with Crippen LogP contribution in [0.3, 0.4) is 0 Å². The first-order valence-electron chi connectivity index (χ1n) is 6.33. The lowest BCUT2D eigenvalue weighted by Crippen LogP contribution is -2.53. The summed E-state index contributed by atoms with van der Waals surface area (Å²) in [6.45, 7) is 2.68. The first kappa shape index (κ1) is 14.8. The molecule has 1 aliphatic heterocycles. The number of carbonyl (C=O) groups is 1. The van der Waals surface area contributed by atoms with Gasteiger partial charge in [0.2, 0.25) is 0 Å². The zero-order chi connectivity index (χ0) is 14.0. The molecular formula is C14H18Cl2N2O. The van der Waals surface area contributed by atoms with Gasteiger partial charge in [-0.25, -0.2) is 0 Å². The summed E-state index contributed by atoms with van der Waals surface area (Å²) in [6.07, 6.45) is 0.336. The number of hydrogen-bond donors (Lipinski definition) is 0. The highest BCUT2D eigenvalue weighted by molar-refractivity contribution is 6.42. The average Bonchev–Trinajstić information content (AvgIpc) is 2.38. The monoisotopic (exact) mass is 300 g/mol. The summed E-state index contributed by atoms with van der Waals surface area (Å²) in [5.41, 5.74) is 0.806. The number of benzene rings is 1. The molecule has 1 unspecified atom stereocenters. The lowest BCUT2D eigenvalue weighted by Gasteiger charge is -2.36. The van der Waals surface area contributed by atoms with Gasteiger partial charge in [-0.15, -0.1) is 0 Å². The van der Waals surface area contributed by atoms with Gasteiger partial charge in [0.1, 0.15) is 0 Å². The molecule has 0 radical (unpaired) electrons. The third-order valence-corrected chi connectivity index (χ3v) is 4.48. The molecular weight excluding hydrogens is 283 g/mol. The number of hydrogen-bond acceptors (Lipinski definition) is 3. The normalized spacial score (nSPS) is 21.6. The van der Waals surface area contributed by atoms with E-state index in [1.54, 1.807) is 6.07 Å². The molecule has 0 spiro atoms. The van der Waals surface area contributed by atoms with Gasteiger partial charge in [0.25, 0.3) is 0 Å². The Morgan fingerprint density at radius 2 is 2.05 bits per heavy atom. The first-order valence-corrected chi connectivity index (χ1v) is 7.09. The lowest BCUT2D eigenvalue weighted by atomic mass is 10.0. The number of Topliss-reactive ketones (excluding diaryl/α,β-unsaturated/α-hetero) is 1. The van der Waals surface area contributed by atoms with Crippen LogP contribution in [-0.4, -0.2) is 55.4 Å². The molecule has 1 atom stereocenters. The van der Waals surface area contributed by atoms with Gasteiger partial charge in [0, 0.05) is 26.1 Å². The number of piperazine rings is 1. The molecule has 1 heterocycles. The number of likely N-dealkylation sites (N-methyl/N-ethyl adjacent to an activating group) is 2. The summed E-state index contributed by atoms with van der Waals surface area (Å²) in [7, 11) is 4.04. The molecule has 2 rings (SSSR count). The molecule has 1 saturated heterocycles. The molecule has 19 heavy (non-hydrogen) atoms. The van der Waals surface area contributed by atoms with Crippen molar-refractivity contribution in [3.8, 4) is 0 Å². The summed E-state index contributed by atoms with van der Waals surface area (Å²) in [4.78, 5) is 16.7. The van der Waals surface area contributed by atoms with Crippen molar-refractivity contribution in [2.24, 2.45) is 0 Å². The van der Waals surface area contributed by atoms with E-state index in [1.165, 1.54) is 0 Å². The molecule has 1 aromatic rings. The Labute approximate surface area is 124 Å². The number of carbonyl (C=O) groups excluding carboxylic acids is 1. The van der Waals surface area contributed by atoms with E-state index in [-0.39, 0.29) is 11.8 Å². The predicted octanol–water partition coefficient (Wildman–Crippen LogP) is 2.35. The quantitative estimate of drug-likeness (QED) is 0.856. The molecule has 0 aliphatic carbocycles. The van der Waals surface area contributed by atoms with Gasteiger partial charge in [0.15, 0.2) is 5.78 Å². The van der Waals surface area contributed by atoms with Crippen molar-refractivity contribution in [2.45, 2.75) is 12.5 Å². The number of halogens is 2. The maximum Gasteiger partial charge on any atom is 0.155 e. The summed E-state index contributed by atoms with van der Waals surface area (Å²) >= 11 is 12.1. The Balaban J connectivity index is 2.10. The first-order chi connectivity index (χ1) is 8.99. The largest absolute Gasteiger partial charge is 0.303 e. The number of nitrogens with zero attached hydrogens (tertiary/aromatic N) is 2. The minimum absolute atomic E-state index is 0.0613. The smallest absolute Gasteiger partial charge is 0.155 e. The maximum absolute atomic E-state index is 12.4. The van der Waals surface area contributed by atoms with Crippen molar-refractivity contribution in [2.75, 3.05) is 33.7 Å². The molecule has 1 aliphatic rings. The standard InChI is InChI=1S/C14H18Cl2N2O/c1-17-6-7-18(2)12(9-17)13(19)8-10-4-3-5-11(15)14(10)16/h3-5,12H,6-9H2,1-2H3. The summed E-state index contributed by atoms with van der Waals surface area (Å²) in [5.74, 6) is 0.193. The van der Waals surface area contributed by atoms with Gasteiger partial charge in [-0.3, -0.25) is 9.69 Å². The van der Waals surface area contributed by atoms with Gasteiger partial charge in [-0.2, -0.15) is 0 Å². The number of ketones is 1. The summed E-state index contributed by atoms with van der Waals surface area (Å²) in [6, 6.07) is 5.36. The second-order valence-corrected chi connectivity index (χ2v) is 5.90. The van der Waals surface area contributed by atoms with Crippen molar-refractivity contribution < 1.29 is 4.79 Å². The van der Waals surface area contributed by atoms with Crippen LogP contribution in [0.15, 0.2) is 18.2 Å². The van der Waals surface area contributed by atoms with E-state index in [0.29, 0.717) is 16.5 Å². The third kappa shape index (κ3) is 3.48. The van der Waals surface area contributed by atoms with E-state index in [9.17, 15) is 4.79 Å². The highest BCUT2D eigenvalue weighted by Crippen LogP contribution is 2.26. The minimum Gasteiger partial charge on any atom is -0.303 e. The molecule has 104 valence electrons. The molecule has 0 aromatic heterocycles. The van der Waals surface area contributed by atoms with Gasteiger partial charge in [-0.1, -0.05) is 35.3 Å². The molecule has 5 heteroatoms. The van der Waals surface area contributed by atoms with E-state index in [2.05, 4.69) is 9.80 Å². The van der Waals surface area contributed by atoms with Gasteiger partial charge in [-0.05, 0) is 25.7 Å². The van der Waals surface area contributed by atoms with Crippen molar-refractivity contribution in [1.82, 2.24) is 9.80 Å². The van der Waals surface area contributed by atoms with Crippen LogP contribution in [0, 0.1) is 0 Å². The minimum atomic E-state index is -0.0613. The summed E-state index contributed by atoms with van der Waals surface area (Å²) < 4.78 is 0. The van der Waals surface area contributed by atoms with Crippen LogP contribution in [0.1, 0.15) is 5.56 Å². The SMILES string of the molecule is CN1CCN(C)C(C(=O)Cc2cccc(Cl)c2Cl)C1. The second-order valence-electron chi connectivity index (χ2n) is 5.11.